The van der Waals surface area contributed by atoms with Crippen LogP contribution in [0.15, 0.2) is 29.6 Å². The van der Waals surface area contributed by atoms with Crippen molar-refractivity contribution in [2.75, 3.05) is 5.32 Å². The van der Waals surface area contributed by atoms with Crippen LogP contribution in [-0.4, -0.2) is 16.9 Å². The molecule has 0 aliphatic heterocycles. The van der Waals surface area contributed by atoms with Crippen LogP contribution in [-0.2, 0) is 4.79 Å². The van der Waals surface area contributed by atoms with Crippen molar-refractivity contribution >= 4 is 34.8 Å². The second-order valence-corrected chi connectivity index (χ2v) is 6.51. The second-order valence-electron chi connectivity index (χ2n) is 5.66. The molecule has 2 atom stereocenters. The monoisotopic (exact) mass is 355 g/mol. The molecule has 1 saturated carbocycles. The van der Waals surface area contributed by atoms with E-state index < -0.39 is 0 Å². The maximum Gasteiger partial charge on any atom is 0.226 e. The van der Waals surface area contributed by atoms with Crippen molar-refractivity contribution in [2.24, 2.45) is 11.7 Å². The van der Waals surface area contributed by atoms with E-state index in [0.717, 1.165) is 19.3 Å². The Kier molecular flexibility index (Phi) is 6.10. The molecule has 23 heavy (non-hydrogen) atoms. The minimum absolute atomic E-state index is 0. The zero-order chi connectivity index (χ0) is 15.5. The molecule has 0 unspecified atom stereocenters. The largest absolute Gasteiger partial charge is 0.327 e. The number of benzene rings is 1. The van der Waals surface area contributed by atoms with Gasteiger partial charge in [0.25, 0.3) is 0 Å². The van der Waals surface area contributed by atoms with E-state index in [0.29, 0.717) is 22.8 Å². The van der Waals surface area contributed by atoms with Crippen LogP contribution in [0.2, 0.25) is 0 Å². The first-order chi connectivity index (χ1) is 10.6. The molecule has 1 aliphatic rings. The van der Waals surface area contributed by atoms with Gasteiger partial charge in [0.2, 0.25) is 5.91 Å². The van der Waals surface area contributed by atoms with Crippen LogP contribution in [0.4, 0.5) is 9.52 Å². The molecular formula is C16H19ClFN3OS. The number of aromatic nitrogens is 1. The molecule has 0 saturated heterocycles. The van der Waals surface area contributed by atoms with Gasteiger partial charge >= 0.3 is 0 Å². The molecule has 1 aromatic heterocycles. The number of amides is 1. The topological polar surface area (TPSA) is 68.0 Å². The molecule has 1 heterocycles. The molecule has 1 aliphatic carbocycles. The highest BCUT2D eigenvalue weighted by molar-refractivity contribution is 7.14. The summed E-state index contributed by atoms with van der Waals surface area (Å²) in [5.74, 6) is -0.0866. The first-order valence-electron chi connectivity index (χ1n) is 7.39. The van der Waals surface area contributed by atoms with Crippen molar-refractivity contribution in [1.82, 2.24) is 4.98 Å². The van der Waals surface area contributed by atoms with Gasteiger partial charge in [0.05, 0.1) is 5.69 Å². The summed E-state index contributed by atoms with van der Waals surface area (Å²) in [6.45, 7) is 0. The van der Waals surface area contributed by atoms with Crippen molar-refractivity contribution in [3.05, 3.63) is 35.5 Å². The first kappa shape index (κ1) is 17.8. The molecule has 3 rings (SSSR count). The summed E-state index contributed by atoms with van der Waals surface area (Å²) in [5.41, 5.74) is 7.35. The fraction of sp³-hybridized carbons (Fsp3) is 0.375. The van der Waals surface area contributed by atoms with E-state index in [9.17, 15) is 9.18 Å². The normalized spacial score (nSPS) is 20.1. The minimum Gasteiger partial charge on any atom is -0.327 e. The Balaban J connectivity index is 0.00000192. The molecule has 0 spiro atoms. The van der Waals surface area contributed by atoms with E-state index in [1.54, 1.807) is 12.1 Å². The van der Waals surface area contributed by atoms with E-state index >= 15 is 0 Å². The van der Waals surface area contributed by atoms with Gasteiger partial charge in [-0.15, -0.1) is 23.7 Å². The maximum atomic E-state index is 13.2. The summed E-state index contributed by atoms with van der Waals surface area (Å²) in [6, 6.07) is 6.39. The van der Waals surface area contributed by atoms with Crippen LogP contribution >= 0.6 is 23.7 Å². The highest BCUT2D eigenvalue weighted by atomic mass is 35.5. The molecule has 1 amide bonds. The number of nitrogens with one attached hydrogen (secondary N) is 1. The highest BCUT2D eigenvalue weighted by Crippen LogP contribution is 2.28. The lowest BCUT2D eigenvalue weighted by atomic mass is 10.00. The molecule has 1 aromatic carbocycles. The summed E-state index contributed by atoms with van der Waals surface area (Å²) in [5, 5.41) is 5.16. The average molecular weight is 356 g/mol. The predicted molar refractivity (Wildman–Crippen MR) is 93.3 cm³/mol. The van der Waals surface area contributed by atoms with E-state index in [1.165, 1.54) is 23.5 Å². The molecule has 7 heteroatoms. The summed E-state index contributed by atoms with van der Waals surface area (Å²) >= 11 is 1.34. The number of rotatable bonds is 4. The Morgan fingerprint density at radius 1 is 1.43 bits per heavy atom. The smallest absolute Gasteiger partial charge is 0.226 e. The number of thiazole rings is 1. The zero-order valence-corrected chi connectivity index (χ0v) is 14.1. The lowest BCUT2D eigenvalue weighted by molar-refractivity contribution is -0.117. The average Bonchev–Trinajstić information content (AvgIpc) is 3.09. The van der Waals surface area contributed by atoms with E-state index in [4.69, 9.17) is 5.73 Å². The zero-order valence-electron chi connectivity index (χ0n) is 12.5. The number of hydrogen-bond acceptors (Lipinski definition) is 4. The standard InChI is InChI=1S/C16H18FN3OS.ClH/c17-12-5-1-4-11(7-12)14-9-22-16(19-14)20-15(21)8-10-3-2-6-13(10)18;/h1,4-5,7,9-10,13H,2-3,6,8,18H2,(H,19,20,21);1H/t10-,13+;/m0./s1. The fourth-order valence-corrected chi connectivity index (χ4v) is 3.57. The Bertz CT molecular complexity index is 679. The minimum atomic E-state index is -0.300. The number of carbonyl (C=O) groups excluding carboxylic acids is 1. The third kappa shape index (κ3) is 4.50. The fourth-order valence-electron chi connectivity index (χ4n) is 2.84. The lowest BCUT2D eigenvalue weighted by Crippen LogP contribution is -2.28. The number of nitrogens with two attached hydrogens (primary N) is 1. The van der Waals surface area contributed by atoms with Crippen LogP contribution in [0.5, 0.6) is 0 Å². The van der Waals surface area contributed by atoms with E-state index in [-0.39, 0.29) is 36.1 Å². The Hall–Kier alpha value is -1.50. The summed E-state index contributed by atoms with van der Waals surface area (Å²) in [6.07, 6.45) is 3.55. The molecule has 4 nitrogen and oxygen atoms in total. The van der Waals surface area contributed by atoms with Gasteiger partial charge in [-0.25, -0.2) is 9.37 Å². The molecule has 2 aromatic rings. The van der Waals surface area contributed by atoms with Crippen molar-refractivity contribution in [3.8, 4) is 11.3 Å². The maximum absolute atomic E-state index is 13.2. The van der Waals surface area contributed by atoms with Gasteiger partial charge < -0.3 is 11.1 Å². The van der Waals surface area contributed by atoms with E-state index in [1.807, 2.05) is 5.38 Å². The third-order valence-electron chi connectivity index (χ3n) is 4.04. The van der Waals surface area contributed by atoms with Crippen molar-refractivity contribution in [2.45, 2.75) is 31.7 Å². The quantitative estimate of drug-likeness (QED) is 0.875. The number of anilines is 1. The van der Waals surface area contributed by atoms with Gasteiger partial charge in [0.1, 0.15) is 5.82 Å². The Morgan fingerprint density at radius 3 is 2.96 bits per heavy atom. The molecule has 3 N–H and O–H groups in total. The van der Waals surface area contributed by atoms with Gasteiger partial charge in [0, 0.05) is 23.4 Å². The molecule has 0 bridgehead atoms. The van der Waals surface area contributed by atoms with Crippen LogP contribution in [0.3, 0.4) is 0 Å². The van der Waals surface area contributed by atoms with Gasteiger partial charge in [-0.2, -0.15) is 0 Å². The van der Waals surface area contributed by atoms with Crippen LogP contribution in [0.25, 0.3) is 11.3 Å². The summed E-state index contributed by atoms with van der Waals surface area (Å²) in [4.78, 5) is 16.4. The predicted octanol–water partition coefficient (Wildman–Crippen LogP) is 3.83. The lowest BCUT2D eigenvalue weighted by Gasteiger charge is -2.13. The number of halogens is 2. The van der Waals surface area contributed by atoms with Gasteiger partial charge in [-0.1, -0.05) is 18.6 Å². The van der Waals surface area contributed by atoms with Gasteiger partial charge in [-0.05, 0) is 30.9 Å². The Morgan fingerprint density at radius 2 is 2.26 bits per heavy atom. The molecular weight excluding hydrogens is 337 g/mol. The number of nitrogens with zero attached hydrogens (tertiary/aromatic N) is 1. The molecule has 0 radical (unpaired) electrons. The summed E-state index contributed by atoms with van der Waals surface area (Å²) < 4.78 is 13.2. The third-order valence-corrected chi connectivity index (χ3v) is 4.79. The van der Waals surface area contributed by atoms with Crippen LogP contribution < -0.4 is 11.1 Å². The second kappa shape index (κ2) is 7.86. The SMILES string of the molecule is Cl.N[C@@H]1CCC[C@H]1CC(=O)Nc1nc(-c2cccc(F)c2)cs1. The number of carbonyl (C=O) groups is 1. The van der Waals surface area contributed by atoms with Crippen molar-refractivity contribution in [1.29, 1.82) is 0 Å². The summed E-state index contributed by atoms with van der Waals surface area (Å²) in [7, 11) is 0. The number of hydrogen-bond donors (Lipinski definition) is 2. The van der Waals surface area contributed by atoms with Crippen LogP contribution in [0, 0.1) is 11.7 Å². The first-order valence-corrected chi connectivity index (χ1v) is 8.26. The van der Waals surface area contributed by atoms with Gasteiger partial charge in [0.15, 0.2) is 5.13 Å². The Labute approximate surface area is 144 Å². The van der Waals surface area contributed by atoms with Crippen molar-refractivity contribution < 1.29 is 9.18 Å². The van der Waals surface area contributed by atoms with Crippen LogP contribution in [0.1, 0.15) is 25.7 Å². The molecule has 1 fully saturated rings. The highest BCUT2D eigenvalue weighted by Gasteiger charge is 2.26. The van der Waals surface area contributed by atoms with E-state index in [2.05, 4.69) is 10.3 Å². The molecule has 124 valence electrons. The van der Waals surface area contributed by atoms with Crippen molar-refractivity contribution in [3.63, 3.8) is 0 Å². The van der Waals surface area contributed by atoms with Gasteiger partial charge in [-0.3, -0.25) is 4.79 Å².